The van der Waals surface area contributed by atoms with Crippen molar-refractivity contribution in [2.75, 3.05) is 26.7 Å². The van der Waals surface area contributed by atoms with Crippen molar-refractivity contribution in [1.29, 1.82) is 0 Å². The monoisotopic (exact) mass is 393 g/mol. The van der Waals surface area contributed by atoms with E-state index in [9.17, 15) is 4.79 Å². The van der Waals surface area contributed by atoms with Gasteiger partial charge in [0.15, 0.2) is 0 Å². The second-order valence-corrected chi connectivity index (χ2v) is 9.50. The van der Waals surface area contributed by atoms with Gasteiger partial charge in [-0.25, -0.2) is 4.98 Å². The van der Waals surface area contributed by atoms with Gasteiger partial charge in [-0.05, 0) is 56.1 Å². The molecule has 1 unspecified atom stereocenters. The highest BCUT2D eigenvalue weighted by Gasteiger charge is 2.38. The van der Waals surface area contributed by atoms with Crippen LogP contribution in [0.2, 0.25) is 5.02 Å². The molecule has 25 heavy (non-hydrogen) atoms. The molecular weight excluding hydrogens is 374 g/mol. The molecule has 5 rings (SSSR count). The zero-order chi connectivity index (χ0) is 17.4. The lowest BCUT2D eigenvalue weighted by Gasteiger charge is -2.48. The summed E-state index contributed by atoms with van der Waals surface area (Å²) in [5.41, 5.74) is 0. The number of hydrogen-bond donors (Lipinski definition) is 0. The van der Waals surface area contributed by atoms with E-state index < -0.39 is 0 Å². The standard InChI is InChI=1S/C18H20ClN3OS2/c1-21(14-11-22-8-6-12(14)7-9-22)18(23)15-3-5-17(24-15)25-16-4-2-13(19)10-20-16/h2-5,10,12,14H,6-9,11H2,1H3. The molecule has 0 radical (unpaired) electrons. The highest BCUT2D eigenvalue weighted by molar-refractivity contribution is 8.01. The molecule has 3 aliphatic rings. The lowest BCUT2D eigenvalue weighted by Crippen LogP contribution is -2.57. The van der Waals surface area contributed by atoms with Crippen molar-refractivity contribution in [2.24, 2.45) is 5.92 Å². The molecule has 1 amide bonds. The average molecular weight is 394 g/mol. The van der Waals surface area contributed by atoms with Crippen LogP contribution in [0.25, 0.3) is 0 Å². The van der Waals surface area contributed by atoms with Crippen molar-refractivity contribution < 1.29 is 4.79 Å². The van der Waals surface area contributed by atoms with Crippen LogP contribution < -0.4 is 0 Å². The Labute approximate surface area is 161 Å². The maximum absolute atomic E-state index is 12.9. The smallest absolute Gasteiger partial charge is 0.264 e. The molecule has 3 saturated heterocycles. The topological polar surface area (TPSA) is 36.4 Å². The van der Waals surface area contributed by atoms with Crippen molar-refractivity contribution in [3.05, 3.63) is 40.4 Å². The van der Waals surface area contributed by atoms with Crippen LogP contribution in [-0.4, -0.2) is 53.4 Å². The molecule has 2 aromatic heterocycles. The van der Waals surface area contributed by atoms with Crippen LogP contribution in [0.3, 0.4) is 0 Å². The molecule has 132 valence electrons. The van der Waals surface area contributed by atoms with E-state index in [0.717, 1.165) is 20.7 Å². The Bertz CT molecular complexity index is 756. The molecule has 4 nitrogen and oxygen atoms in total. The number of pyridine rings is 1. The minimum absolute atomic E-state index is 0.139. The minimum Gasteiger partial charge on any atom is -0.336 e. The zero-order valence-electron chi connectivity index (χ0n) is 14.0. The Kier molecular flexibility index (Phi) is 5.04. The lowest BCUT2D eigenvalue weighted by molar-refractivity contribution is 0.0165. The molecule has 1 atom stereocenters. The minimum atomic E-state index is 0.139. The molecule has 2 aromatic rings. The van der Waals surface area contributed by atoms with Gasteiger partial charge < -0.3 is 9.80 Å². The Hall–Kier alpha value is -1.08. The highest BCUT2D eigenvalue weighted by Crippen LogP contribution is 2.35. The van der Waals surface area contributed by atoms with Crippen LogP contribution in [0.5, 0.6) is 0 Å². The third-order valence-electron chi connectivity index (χ3n) is 5.14. The van der Waals surface area contributed by atoms with Crippen LogP contribution in [0, 0.1) is 5.92 Å². The van der Waals surface area contributed by atoms with Gasteiger partial charge in [-0.15, -0.1) is 11.3 Å². The van der Waals surface area contributed by atoms with Crippen molar-refractivity contribution in [1.82, 2.24) is 14.8 Å². The molecule has 0 N–H and O–H groups in total. The predicted octanol–water partition coefficient (Wildman–Crippen LogP) is 4.11. The SMILES string of the molecule is CN(C(=O)c1ccc(Sc2ccc(Cl)cn2)s1)C1CN2CCC1CC2. The fourth-order valence-electron chi connectivity index (χ4n) is 3.71. The van der Waals surface area contributed by atoms with E-state index in [0.29, 0.717) is 17.0 Å². The molecule has 3 fully saturated rings. The second kappa shape index (κ2) is 7.27. The number of piperidine rings is 3. The van der Waals surface area contributed by atoms with Crippen LogP contribution in [-0.2, 0) is 0 Å². The van der Waals surface area contributed by atoms with E-state index in [1.54, 1.807) is 18.0 Å². The summed E-state index contributed by atoms with van der Waals surface area (Å²) in [5.74, 6) is 0.797. The third-order valence-corrected chi connectivity index (χ3v) is 7.52. The first-order valence-corrected chi connectivity index (χ1v) is 10.5. The number of hydrogen-bond acceptors (Lipinski definition) is 5. The van der Waals surface area contributed by atoms with Crippen LogP contribution in [0.1, 0.15) is 22.5 Å². The predicted molar refractivity (Wildman–Crippen MR) is 103 cm³/mol. The summed E-state index contributed by atoms with van der Waals surface area (Å²) in [4.78, 5) is 22.5. The molecule has 7 heteroatoms. The van der Waals surface area contributed by atoms with Crippen LogP contribution >= 0.6 is 34.7 Å². The Morgan fingerprint density at radius 2 is 2.12 bits per heavy atom. The zero-order valence-corrected chi connectivity index (χ0v) is 16.4. The van der Waals surface area contributed by atoms with Crippen molar-refractivity contribution in [3.8, 4) is 0 Å². The summed E-state index contributed by atoms with van der Waals surface area (Å²) in [5, 5.41) is 1.52. The van der Waals surface area contributed by atoms with Crippen molar-refractivity contribution in [3.63, 3.8) is 0 Å². The molecule has 2 bridgehead atoms. The normalized spacial score (nSPS) is 25.1. The number of nitrogens with zero attached hydrogens (tertiary/aromatic N) is 3. The molecule has 0 saturated carbocycles. The summed E-state index contributed by atoms with van der Waals surface area (Å²) in [7, 11) is 1.96. The Balaban J connectivity index is 1.44. The van der Waals surface area contributed by atoms with E-state index in [2.05, 4.69) is 9.88 Å². The van der Waals surface area contributed by atoms with Gasteiger partial charge >= 0.3 is 0 Å². The maximum Gasteiger partial charge on any atom is 0.264 e. The molecular formula is C18H20ClN3OS2. The van der Waals surface area contributed by atoms with Crippen LogP contribution in [0.15, 0.2) is 39.7 Å². The second-order valence-electron chi connectivity index (χ2n) is 6.66. The van der Waals surface area contributed by atoms with E-state index in [1.807, 2.05) is 36.2 Å². The van der Waals surface area contributed by atoms with Gasteiger partial charge in [0.2, 0.25) is 0 Å². The molecule has 0 spiro atoms. The Morgan fingerprint density at radius 3 is 2.76 bits per heavy atom. The van der Waals surface area contributed by atoms with Gasteiger partial charge in [0.05, 0.1) is 14.1 Å². The number of fused-ring (bicyclic) bond motifs is 3. The van der Waals surface area contributed by atoms with Gasteiger partial charge in [-0.3, -0.25) is 4.79 Å². The number of thiophene rings is 1. The van der Waals surface area contributed by atoms with Gasteiger partial charge in [0, 0.05) is 25.8 Å². The van der Waals surface area contributed by atoms with E-state index in [-0.39, 0.29) is 5.91 Å². The van der Waals surface area contributed by atoms with Crippen molar-refractivity contribution in [2.45, 2.75) is 28.1 Å². The average Bonchev–Trinajstić information content (AvgIpc) is 3.12. The van der Waals surface area contributed by atoms with Crippen LogP contribution in [0.4, 0.5) is 0 Å². The summed E-state index contributed by atoms with van der Waals surface area (Å²) in [6, 6.07) is 8.02. The van der Waals surface area contributed by atoms with Gasteiger partial charge in [0.1, 0.15) is 5.03 Å². The molecule has 0 aliphatic carbocycles. The summed E-state index contributed by atoms with van der Waals surface area (Å²) in [6.07, 6.45) is 4.08. The van der Waals surface area contributed by atoms with Crippen molar-refractivity contribution >= 4 is 40.6 Å². The fraction of sp³-hybridized carbons (Fsp3) is 0.444. The number of carbonyl (C=O) groups excluding carboxylic acids is 1. The lowest BCUT2D eigenvalue weighted by atomic mass is 9.83. The van der Waals surface area contributed by atoms with E-state index in [4.69, 9.17) is 11.6 Å². The first-order valence-electron chi connectivity index (χ1n) is 8.49. The van der Waals surface area contributed by atoms with Gasteiger partial charge in [0.25, 0.3) is 5.91 Å². The number of amides is 1. The van der Waals surface area contributed by atoms with Gasteiger partial charge in [-0.2, -0.15) is 0 Å². The highest BCUT2D eigenvalue weighted by atomic mass is 35.5. The van der Waals surface area contributed by atoms with E-state index in [1.165, 1.54) is 37.3 Å². The number of carbonyl (C=O) groups is 1. The first kappa shape index (κ1) is 17.3. The number of rotatable bonds is 4. The maximum atomic E-state index is 12.9. The molecule has 3 aliphatic heterocycles. The first-order chi connectivity index (χ1) is 12.1. The number of aromatic nitrogens is 1. The Morgan fingerprint density at radius 1 is 1.32 bits per heavy atom. The van der Waals surface area contributed by atoms with Gasteiger partial charge in [-0.1, -0.05) is 23.4 Å². The summed E-state index contributed by atoms with van der Waals surface area (Å²) < 4.78 is 1.07. The molecule has 5 heterocycles. The summed E-state index contributed by atoms with van der Waals surface area (Å²) >= 11 is 8.97. The third kappa shape index (κ3) is 3.72. The van der Waals surface area contributed by atoms with E-state index >= 15 is 0 Å². The quantitative estimate of drug-likeness (QED) is 0.783. The largest absolute Gasteiger partial charge is 0.336 e. The molecule has 0 aromatic carbocycles. The number of likely N-dealkylation sites (N-methyl/N-ethyl adjacent to an activating group) is 1. The fourth-order valence-corrected chi connectivity index (χ4v) is 5.82. The number of halogens is 1. The summed E-state index contributed by atoms with van der Waals surface area (Å²) in [6.45, 7) is 3.41.